The molecule has 1 atom stereocenters. The molecule has 0 bridgehead atoms. The van der Waals surface area contributed by atoms with Gasteiger partial charge < -0.3 is 14.8 Å². The number of anilines is 1. The largest absolute Gasteiger partial charge is 0.318 e. The summed E-state index contributed by atoms with van der Waals surface area (Å²) >= 11 is 6.70. The fourth-order valence-corrected chi connectivity index (χ4v) is 5.95. The molecule has 2 heterocycles. The minimum atomic E-state index is -0.722. The molecule has 6 nitrogen and oxygen atoms in total. The van der Waals surface area contributed by atoms with Crippen molar-refractivity contribution in [3.63, 3.8) is 0 Å². The van der Waals surface area contributed by atoms with Crippen LogP contribution >= 0.6 is 11.6 Å². The Morgan fingerprint density at radius 2 is 2.00 bits per heavy atom. The Morgan fingerprint density at radius 3 is 2.73 bits per heavy atom. The monoisotopic (exact) mass is 521 g/mol. The van der Waals surface area contributed by atoms with Gasteiger partial charge in [-0.1, -0.05) is 30.2 Å². The van der Waals surface area contributed by atoms with Gasteiger partial charge in [0.05, 0.1) is 6.54 Å². The standard InChI is InChI=1S/C29H33ClFN5O/c1-17(32-15-18-5-3-6-18)20-13-24-25(26(30)14-20)16-36(29(24)37)23-8-4-7-19(9-23)10-27-33-34-28(35(27)2)21-11-22(31)12-21/h4,7-9,13-14,17-18,21-22,32H,3,5-6,10-12,15-16H2,1-2H3/t17-,21?,22?/m0/s1. The third-order valence-electron chi connectivity index (χ3n) is 8.48. The maximum Gasteiger partial charge on any atom is 0.258 e. The van der Waals surface area contributed by atoms with Crippen molar-refractivity contribution in [2.75, 3.05) is 11.4 Å². The molecular weight excluding hydrogens is 489 g/mol. The molecular formula is C29H33ClFN5O. The first-order chi connectivity index (χ1) is 17.9. The van der Waals surface area contributed by atoms with Gasteiger partial charge in [-0.25, -0.2) is 4.39 Å². The lowest BCUT2D eigenvalue weighted by Crippen LogP contribution is -2.29. The summed E-state index contributed by atoms with van der Waals surface area (Å²) in [7, 11) is 1.95. The van der Waals surface area contributed by atoms with Gasteiger partial charge in [0.15, 0.2) is 0 Å². The summed E-state index contributed by atoms with van der Waals surface area (Å²) in [6.07, 6.45) is 4.85. The van der Waals surface area contributed by atoms with Gasteiger partial charge in [-0.15, -0.1) is 10.2 Å². The van der Waals surface area contributed by atoms with E-state index in [1.165, 1.54) is 19.3 Å². The molecule has 3 aromatic rings. The number of rotatable bonds is 8. The summed E-state index contributed by atoms with van der Waals surface area (Å²) in [5.41, 5.74) is 4.51. The second-order valence-electron chi connectivity index (χ2n) is 11.0. The van der Waals surface area contributed by atoms with Crippen LogP contribution in [0.1, 0.15) is 89.7 Å². The molecule has 1 aromatic heterocycles. The Hall–Kier alpha value is -2.77. The zero-order chi connectivity index (χ0) is 25.7. The molecule has 37 heavy (non-hydrogen) atoms. The molecule has 8 heteroatoms. The number of benzene rings is 2. The molecule has 0 spiro atoms. The molecule has 2 aromatic carbocycles. The van der Waals surface area contributed by atoms with Crippen molar-refractivity contribution < 1.29 is 9.18 Å². The first-order valence-electron chi connectivity index (χ1n) is 13.4. The van der Waals surface area contributed by atoms with E-state index in [0.29, 0.717) is 36.4 Å². The van der Waals surface area contributed by atoms with Crippen molar-refractivity contribution in [2.45, 2.75) is 70.1 Å². The minimum absolute atomic E-state index is 0.0196. The number of aromatic nitrogens is 3. The van der Waals surface area contributed by atoms with Crippen molar-refractivity contribution in [3.05, 3.63) is 75.3 Å². The van der Waals surface area contributed by atoms with E-state index in [1.54, 1.807) is 4.90 Å². The SMILES string of the molecule is C[C@H](NCC1CCC1)c1cc(Cl)c2c(c1)C(=O)N(c1cccc(Cc3nnc(C4CC(F)C4)n3C)c1)C2. The smallest absolute Gasteiger partial charge is 0.258 e. The van der Waals surface area contributed by atoms with Gasteiger partial charge in [-0.3, -0.25) is 4.79 Å². The van der Waals surface area contributed by atoms with Gasteiger partial charge in [-0.2, -0.15) is 0 Å². The van der Waals surface area contributed by atoms with E-state index in [2.05, 4.69) is 22.4 Å². The highest BCUT2D eigenvalue weighted by molar-refractivity contribution is 6.32. The lowest BCUT2D eigenvalue weighted by atomic mass is 9.83. The Bertz CT molecular complexity index is 1330. The number of halogens is 2. The van der Waals surface area contributed by atoms with Crippen molar-refractivity contribution in [2.24, 2.45) is 13.0 Å². The average molecular weight is 522 g/mol. The lowest BCUT2D eigenvalue weighted by molar-refractivity contribution is 0.0996. The maximum absolute atomic E-state index is 13.5. The van der Waals surface area contributed by atoms with Gasteiger partial charge in [0.25, 0.3) is 5.91 Å². The zero-order valence-corrected chi connectivity index (χ0v) is 22.1. The normalized spacial score (nSPS) is 22.1. The quantitative estimate of drug-likeness (QED) is 0.401. The molecule has 1 aliphatic heterocycles. The van der Waals surface area contributed by atoms with Crippen LogP contribution in [-0.4, -0.2) is 33.4 Å². The van der Waals surface area contributed by atoms with Crippen molar-refractivity contribution in [3.8, 4) is 0 Å². The number of alkyl halides is 1. The third kappa shape index (κ3) is 4.68. The topological polar surface area (TPSA) is 63.1 Å². The van der Waals surface area contributed by atoms with Crippen LogP contribution in [0.15, 0.2) is 36.4 Å². The Labute approximate surface area is 222 Å². The van der Waals surface area contributed by atoms with Gasteiger partial charge in [-0.05, 0) is 80.5 Å². The second-order valence-corrected chi connectivity index (χ2v) is 11.4. The van der Waals surface area contributed by atoms with Crippen LogP contribution < -0.4 is 10.2 Å². The van der Waals surface area contributed by atoms with Crippen LogP contribution in [-0.2, 0) is 20.0 Å². The summed E-state index contributed by atoms with van der Waals surface area (Å²) < 4.78 is 15.3. The number of amides is 1. The predicted octanol–water partition coefficient (Wildman–Crippen LogP) is 5.89. The van der Waals surface area contributed by atoms with Crippen LogP contribution in [0.2, 0.25) is 5.02 Å². The van der Waals surface area contributed by atoms with Crippen LogP contribution in [0.4, 0.5) is 10.1 Å². The Balaban J connectivity index is 1.18. The van der Waals surface area contributed by atoms with Crippen molar-refractivity contribution in [1.29, 1.82) is 0 Å². The van der Waals surface area contributed by atoms with Crippen LogP contribution in [0, 0.1) is 5.92 Å². The van der Waals surface area contributed by atoms with E-state index in [-0.39, 0.29) is 17.9 Å². The summed E-state index contributed by atoms with van der Waals surface area (Å²) in [4.78, 5) is 15.3. The summed E-state index contributed by atoms with van der Waals surface area (Å²) in [6, 6.07) is 12.2. The van der Waals surface area contributed by atoms with E-state index in [4.69, 9.17) is 11.6 Å². The van der Waals surface area contributed by atoms with Crippen molar-refractivity contribution >= 4 is 23.2 Å². The molecule has 0 unspecified atom stereocenters. The van der Waals surface area contributed by atoms with Crippen LogP contribution in [0.3, 0.4) is 0 Å². The van der Waals surface area contributed by atoms with E-state index < -0.39 is 6.17 Å². The number of hydrogen-bond acceptors (Lipinski definition) is 4. The van der Waals surface area contributed by atoms with E-state index >= 15 is 0 Å². The van der Waals surface area contributed by atoms with Crippen molar-refractivity contribution in [1.82, 2.24) is 20.1 Å². The fourth-order valence-electron chi connectivity index (χ4n) is 5.66. The predicted molar refractivity (Wildman–Crippen MR) is 143 cm³/mol. The Morgan fingerprint density at radius 1 is 1.19 bits per heavy atom. The van der Waals surface area contributed by atoms with Gasteiger partial charge in [0, 0.05) is 47.3 Å². The van der Waals surface area contributed by atoms with Crippen LogP contribution in [0.25, 0.3) is 0 Å². The average Bonchev–Trinajstić information content (AvgIpc) is 3.36. The molecule has 194 valence electrons. The molecule has 3 aliphatic rings. The second kappa shape index (κ2) is 9.84. The molecule has 2 fully saturated rings. The fraction of sp³-hybridized carbons (Fsp3) is 0.483. The number of carbonyl (C=O) groups is 1. The molecule has 2 saturated carbocycles. The molecule has 0 saturated heterocycles. The minimum Gasteiger partial charge on any atom is -0.318 e. The Kier molecular flexibility index (Phi) is 6.53. The van der Waals surface area contributed by atoms with Crippen LogP contribution in [0.5, 0.6) is 0 Å². The van der Waals surface area contributed by atoms with Gasteiger partial charge in [0.2, 0.25) is 0 Å². The lowest BCUT2D eigenvalue weighted by Gasteiger charge is -2.28. The van der Waals surface area contributed by atoms with Gasteiger partial charge >= 0.3 is 0 Å². The number of nitrogens with zero attached hydrogens (tertiary/aromatic N) is 4. The first kappa shape index (κ1) is 24.6. The van der Waals surface area contributed by atoms with E-state index in [9.17, 15) is 9.18 Å². The molecule has 1 amide bonds. The third-order valence-corrected chi connectivity index (χ3v) is 8.81. The number of carbonyl (C=O) groups excluding carboxylic acids is 1. The zero-order valence-electron chi connectivity index (χ0n) is 21.4. The van der Waals surface area contributed by atoms with E-state index in [0.717, 1.165) is 46.5 Å². The number of hydrogen-bond donors (Lipinski definition) is 1. The highest BCUT2D eigenvalue weighted by Crippen LogP contribution is 2.38. The van der Waals surface area contributed by atoms with Gasteiger partial charge in [0.1, 0.15) is 17.8 Å². The molecule has 2 aliphatic carbocycles. The number of fused-ring (bicyclic) bond motifs is 1. The molecule has 0 radical (unpaired) electrons. The molecule has 6 rings (SSSR count). The highest BCUT2D eigenvalue weighted by atomic mass is 35.5. The highest BCUT2D eigenvalue weighted by Gasteiger charge is 2.34. The number of nitrogens with one attached hydrogen (secondary N) is 1. The maximum atomic E-state index is 13.5. The summed E-state index contributed by atoms with van der Waals surface area (Å²) in [6.45, 7) is 3.60. The summed E-state index contributed by atoms with van der Waals surface area (Å²) in [5, 5.41) is 13.0. The first-order valence-corrected chi connectivity index (χ1v) is 13.7. The van der Waals surface area contributed by atoms with E-state index in [1.807, 2.05) is 48.0 Å². The summed E-state index contributed by atoms with van der Waals surface area (Å²) in [5.74, 6) is 2.59. The molecule has 1 N–H and O–H groups in total.